The van der Waals surface area contributed by atoms with Crippen molar-refractivity contribution in [3.05, 3.63) is 58.4 Å². The van der Waals surface area contributed by atoms with Crippen molar-refractivity contribution in [2.45, 2.75) is 26.4 Å². The number of amides is 1. The summed E-state index contributed by atoms with van der Waals surface area (Å²) in [7, 11) is 1.50. The third kappa shape index (κ3) is 6.44. The van der Waals surface area contributed by atoms with E-state index in [9.17, 15) is 4.79 Å². The highest BCUT2D eigenvalue weighted by molar-refractivity contribution is 7.14. The summed E-state index contributed by atoms with van der Waals surface area (Å²) in [6.45, 7) is 5.37. The summed E-state index contributed by atoms with van der Waals surface area (Å²) >= 11 is 7.69. The summed E-state index contributed by atoms with van der Waals surface area (Å²) in [5, 5.41) is 9.93. The number of rotatable bonds is 6. The summed E-state index contributed by atoms with van der Waals surface area (Å²) < 4.78 is 10.6. The molecule has 0 spiro atoms. The number of thiazole rings is 1. The maximum absolute atomic E-state index is 12.2. The van der Waals surface area contributed by atoms with Crippen molar-refractivity contribution in [2.24, 2.45) is 5.10 Å². The predicted octanol–water partition coefficient (Wildman–Crippen LogP) is 6.27. The molecule has 1 heterocycles. The van der Waals surface area contributed by atoms with Crippen LogP contribution >= 0.6 is 22.9 Å². The predicted molar refractivity (Wildman–Crippen MR) is 127 cm³/mol. The van der Waals surface area contributed by atoms with E-state index in [0.717, 1.165) is 11.3 Å². The molecule has 0 radical (unpaired) electrons. The van der Waals surface area contributed by atoms with Gasteiger partial charge in [0.05, 0.1) is 29.7 Å². The smallest absolute Gasteiger partial charge is 0.412 e. The van der Waals surface area contributed by atoms with Crippen LogP contribution in [0.4, 0.5) is 15.6 Å². The van der Waals surface area contributed by atoms with E-state index in [2.05, 4.69) is 20.8 Å². The van der Waals surface area contributed by atoms with Crippen LogP contribution in [0.15, 0.2) is 52.9 Å². The van der Waals surface area contributed by atoms with E-state index in [-0.39, 0.29) is 0 Å². The van der Waals surface area contributed by atoms with Gasteiger partial charge in [-0.25, -0.2) is 9.78 Å². The average Bonchev–Trinajstić information content (AvgIpc) is 3.18. The number of methoxy groups -OCH3 is 1. The second kappa shape index (κ2) is 9.80. The molecule has 0 fully saturated rings. The van der Waals surface area contributed by atoms with Gasteiger partial charge in [-0.1, -0.05) is 41.9 Å². The molecule has 0 aliphatic heterocycles. The van der Waals surface area contributed by atoms with Crippen LogP contribution in [0, 0.1) is 0 Å². The Kier molecular flexibility index (Phi) is 7.14. The lowest BCUT2D eigenvalue weighted by atomic mass is 10.2. The van der Waals surface area contributed by atoms with Crippen LogP contribution in [-0.2, 0) is 4.74 Å². The van der Waals surface area contributed by atoms with Gasteiger partial charge in [0.25, 0.3) is 0 Å². The number of ether oxygens (including phenoxy) is 2. The molecule has 0 bridgehead atoms. The number of anilines is 2. The zero-order valence-corrected chi connectivity index (χ0v) is 19.2. The van der Waals surface area contributed by atoms with Gasteiger partial charge in [0.2, 0.25) is 5.13 Å². The third-order valence-electron chi connectivity index (χ3n) is 3.90. The standard InChI is InChI=1S/C22H23ClN4O3S/c1-22(2,3)30-21(28)26-17-11-19(29-4)16(23)10-15(17)12-24-27-20-25-18(13-31-20)14-8-6-5-7-9-14/h5-13H,1-4H3,(H,25,27)(H,26,28). The zero-order valence-electron chi connectivity index (χ0n) is 17.6. The lowest BCUT2D eigenvalue weighted by Crippen LogP contribution is -2.27. The summed E-state index contributed by atoms with van der Waals surface area (Å²) in [6, 6.07) is 13.1. The molecule has 0 saturated heterocycles. The Balaban J connectivity index is 1.77. The van der Waals surface area contributed by atoms with Crippen molar-refractivity contribution in [1.82, 2.24) is 4.98 Å². The molecule has 0 aliphatic rings. The lowest BCUT2D eigenvalue weighted by Gasteiger charge is -2.20. The van der Waals surface area contributed by atoms with Gasteiger partial charge in [-0.3, -0.25) is 10.7 Å². The molecule has 1 amide bonds. The fraction of sp³-hybridized carbons (Fsp3) is 0.227. The van der Waals surface area contributed by atoms with Crippen LogP contribution in [0.1, 0.15) is 26.3 Å². The van der Waals surface area contributed by atoms with Crippen molar-refractivity contribution in [2.75, 3.05) is 17.9 Å². The van der Waals surface area contributed by atoms with Crippen LogP contribution in [0.5, 0.6) is 5.75 Å². The maximum Gasteiger partial charge on any atom is 0.412 e. The van der Waals surface area contributed by atoms with Gasteiger partial charge in [0, 0.05) is 22.6 Å². The highest BCUT2D eigenvalue weighted by atomic mass is 35.5. The molecule has 9 heteroatoms. The number of aromatic nitrogens is 1. The minimum atomic E-state index is -0.627. The Morgan fingerprint density at radius 2 is 1.97 bits per heavy atom. The van der Waals surface area contributed by atoms with Gasteiger partial charge >= 0.3 is 6.09 Å². The number of nitrogens with one attached hydrogen (secondary N) is 2. The number of hydrogen-bond donors (Lipinski definition) is 2. The molecule has 0 atom stereocenters. The molecular weight excluding hydrogens is 436 g/mol. The molecule has 2 N–H and O–H groups in total. The van der Waals surface area contributed by atoms with Crippen LogP contribution < -0.4 is 15.5 Å². The molecule has 2 aromatic carbocycles. The number of carbonyl (C=O) groups excluding carboxylic acids is 1. The molecule has 162 valence electrons. The first kappa shape index (κ1) is 22.6. The summed E-state index contributed by atoms with van der Waals surface area (Å²) in [5.41, 5.74) is 5.20. The second-order valence-corrected chi connectivity index (χ2v) is 8.74. The van der Waals surface area contributed by atoms with E-state index in [4.69, 9.17) is 21.1 Å². The monoisotopic (exact) mass is 458 g/mol. The SMILES string of the molecule is COc1cc(NC(=O)OC(C)(C)C)c(C=NNc2nc(-c3ccccc3)cs2)cc1Cl. The highest BCUT2D eigenvalue weighted by Gasteiger charge is 2.18. The second-order valence-electron chi connectivity index (χ2n) is 7.47. The van der Waals surface area contributed by atoms with E-state index in [1.807, 2.05) is 35.7 Å². The highest BCUT2D eigenvalue weighted by Crippen LogP contribution is 2.31. The first-order chi connectivity index (χ1) is 14.7. The minimum Gasteiger partial charge on any atom is -0.495 e. The molecule has 7 nitrogen and oxygen atoms in total. The summed E-state index contributed by atoms with van der Waals surface area (Å²) in [6.07, 6.45) is 0.952. The first-order valence-electron chi connectivity index (χ1n) is 9.43. The number of hydrazone groups is 1. The fourth-order valence-corrected chi connectivity index (χ4v) is 3.50. The summed E-state index contributed by atoms with van der Waals surface area (Å²) in [5.74, 6) is 0.422. The van der Waals surface area contributed by atoms with Crippen molar-refractivity contribution >= 4 is 46.1 Å². The maximum atomic E-state index is 12.2. The topological polar surface area (TPSA) is 84.8 Å². The number of carbonyl (C=O) groups is 1. The molecule has 0 unspecified atom stereocenters. The Morgan fingerprint density at radius 1 is 1.23 bits per heavy atom. The first-order valence-corrected chi connectivity index (χ1v) is 10.7. The van der Waals surface area contributed by atoms with Gasteiger partial charge in [0.1, 0.15) is 11.4 Å². The molecule has 0 saturated carbocycles. The largest absolute Gasteiger partial charge is 0.495 e. The van der Waals surface area contributed by atoms with Crippen LogP contribution in [0.2, 0.25) is 5.02 Å². The summed E-state index contributed by atoms with van der Waals surface area (Å²) in [4.78, 5) is 16.7. The van der Waals surface area contributed by atoms with Crippen molar-refractivity contribution in [1.29, 1.82) is 0 Å². The quantitative estimate of drug-likeness (QED) is 0.336. The molecule has 0 aliphatic carbocycles. The molecular formula is C22H23ClN4O3S. The van der Waals surface area contributed by atoms with E-state index in [1.54, 1.807) is 39.1 Å². The third-order valence-corrected chi connectivity index (χ3v) is 4.94. The van der Waals surface area contributed by atoms with Gasteiger partial charge in [-0.15, -0.1) is 11.3 Å². The Morgan fingerprint density at radius 3 is 2.65 bits per heavy atom. The van der Waals surface area contributed by atoms with Gasteiger partial charge in [-0.05, 0) is 26.8 Å². The molecule has 3 rings (SSSR count). The number of benzene rings is 2. The molecule has 3 aromatic rings. The van der Waals surface area contributed by atoms with E-state index < -0.39 is 11.7 Å². The number of hydrogen-bond acceptors (Lipinski definition) is 7. The molecule has 31 heavy (non-hydrogen) atoms. The average molecular weight is 459 g/mol. The van der Waals surface area contributed by atoms with E-state index in [0.29, 0.717) is 27.2 Å². The van der Waals surface area contributed by atoms with E-state index in [1.165, 1.54) is 18.4 Å². The van der Waals surface area contributed by atoms with Gasteiger partial charge < -0.3 is 9.47 Å². The van der Waals surface area contributed by atoms with Gasteiger partial charge in [-0.2, -0.15) is 5.10 Å². The Bertz CT molecular complexity index is 1080. The van der Waals surface area contributed by atoms with Crippen molar-refractivity contribution in [3.63, 3.8) is 0 Å². The molecule has 1 aromatic heterocycles. The Labute approximate surface area is 190 Å². The van der Waals surface area contributed by atoms with Gasteiger partial charge in [0.15, 0.2) is 0 Å². The Hall–Kier alpha value is -3.10. The fourth-order valence-electron chi connectivity index (χ4n) is 2.58. The van der Waals surface area contributed by atoms with Crippen LogP contribution in [0.3, 0.4) is 0 Å². The van der Waals surface area contributed by atoms with Crippen molar-refractivity contribution in [3.8, 4) is 17.0 Å². The normalized spacial score (nSPS) is 11.4. The minimum absolute atomic E-state index is 0.388. The zero-order chi connectivity index (χ0) is 22.4. The number of nitrogens with zero attached hydrogens (tertiary/aromatic N) is 2. The van der Waals surface area contributed by atoms with Crippen LogP contribution in [-0.4, -0.2) is 30.0 Å². The van der Waals surface area contributed by atoms with E-state index >= 15 is 0 Å². The van der Waals surface area contributed by atoms with Crippen LogP contribution in [0.25, 0.3) is 11.3 Å². The van der Waals surface area contributed by atoms with Crippen molar-refractivity contribution < 1.29 is 14.3 Å². The lowest BCUT2D eigenvalue weighted by molar-refractivity contribution is 0.0636. The number of halogens is 1.